The molecule has 0 aromatic heterocycles. The van der Waals surface area contributed by atoms with Crippen molar-refractivity contribution in [3.8, 4) is 11.5 Å². The van der Waals surface area contributed by atoms with Gasteiger partial charge in [-0.2, -0.15) is 0 Å². The highest BCUT2D eigenvalue weighted by Gasteiger charge is 2.12. The molecular weight excluding hydrogens is 324 g/mol. The van der Waals surface area contributed by atoms with Crippen LogP contribution in [0, 0.1) is 0 Å². The van der Waals surface area contributed by atoms with Gasteiger partial charge in [0.05, 0.1) is 14.2 Å². The van der Waals surface area contributed by atoms with Crippen molar-refractivity contribution < 1.29 is 14.3 Å². The van der Waals surface area contributed by atoms with Gasteiger partial charge in [0.2, 0.25) is 5.91 Å². The fourth-order valence-corrected chi connectivity index (χ4v) is 2.46. The zero-order valence-corrected chi connectivity index (χ0v) is 15.1. The average Bonchev–Trinajstić information content (AvgIpc) is 2.44. The molecule has 1 aromatic rings. The zero-order valence-electron chi connectivity index (χ0n) is 13.5. The summed E-state index contributed by atoms with van der Waals surface area (Å²) in [5.74, 6) is 2.11. The van der Waals surface area contributed by atoms with Crippen LogP contribution in [0.1, 0.15) is 20.3 Å². The van der Waals surface area contributed by atoms with Crippen LogP contribution >= 0.6 is 24.2 Å². The second kappa shape index (κ2) is 9.82. The molecule has 0 saturated carbocycles. The number of ether oxygens (including phenoxy) is 2. The van der Waals surface area contributed by atoms with Gasteiger partial charge in [-0.25, -0.2) is 0 Å². The van der Waals surface area contributed by atoms with E-state index < -0.39 is 0 Å². The lowest BCUT2D eigenvalue weighted by Gasteiger charge is -2.18. The molecule has 1 rings (SSSR count). The van der Waals surface area contributed by atoms with Crippen LogP contribution in [-0.2, 0) is 4.79 Å². The lowest BCUT2D eigenvalue weighted by atomic mass is 10.1. The molecule has 0 aliphatic carbocycles. The number of carbonyl (C=O) groups excluding carboxylic acids is 1. The first-order valence-corrected chi connectivity index (χ1v) is 7.74. The second-order valence-electron chi connectivity index (χ2n) is 5.38. The smallest absolute Gasteiger partial charge is 0.220 e. The molecule has 0 saturated heterocycles. The normalized spacial score (nSPS) is 10.6. The van der Waals surface area contributed by atoms with E-state index >= 15 is 0 Å². The van der Waals surface area contributed by atoms with Gasteiger partial charge < -0.3 is 20.5 Å². The van der Waals surface area contributed by atoms with E-state index in [4.69, 9.17) is 15.2 Å². The predicted octanol–water partition coefficient (Wildman–Crippen LogP) is 2.46. The highest BCUT2D eigenvalue weighted by Crippen LogP contribution is 2.31. The van der Waals surface area contributed by atoms with Crippen LogP contribution in [0.4, 0.5) is 0 Å². The van der Waals surface area contributed by atoms with E-state index in [1.807, 2.05) is 32.0 Å². The molecule has 3 N–H and O–H groups in total. The molecule has 0 aliphatic heterocycles. The quantitative estimate of drug-likeness (QED) is 0.706. The third kappa shape index (κ3) is 7.77. The topological polar surface area (TPSA) is 73.6 Å². The maximum Gasteiger partial charge on any atom is 0.220 e. The van der Waals surface area contributed by atoms with Crippen molar-refractivity contribution in [2.24, 2.45) is 5.73 Å². The molecule has 5 nitrogen and oxygen atoms in total. The molecule has 0 heterocycles. The van der Waals surface area contributed by atoms with Crippen molar-refractivity contribution in [1.29, 1.82) is 0 Å². The number of carbonyl (C=O) groups is 1. The Hall–Kier alpha value is -1.11. The summed E-state index contributed by atoms with van der Waals surface area (Å²) in [4.78, 5) is 12.7. The van der Waals surface area contributed by atoms with E-state index in [2.05, 4.69) is 5.32 Å². The number of thioether (sulfide) groups is 1. The number of nitrogens with one attached hydrogen (secondary N) is 1. The minimum absolute atomic E-state index is 0. The third-order valence-corrected chi connectivity index (χ3v) is 3.69. The fraction of sp³-hybridized carbons (Fsp3) is 0.533. The van der Waals surface area contributed by atoms with Crippen molar-refractivity contribution in [3.05, 3.63) is 18.2 Å². The number of halogens is 1. The fourth-order valence-electron chi connectivity index (χ4n) is 1.58. The summed E-state index contributed by atoms with van der Waals surface area (Å²) < 4.78 is 10.4. The molecule has 7 heteroatoms. The Bertz CT molecular complexity index is 478. The Morgan fingerprint density at radius 3 is 2.45 bits per heavy atom. The van der Waals surface area contributed by atoms with E-state index in [0.29, 0.717) is 30.2 Å². The van der Waals surface area contributed by atoms with Crippen LogP contribution in [0.15, 0.2) is 23.1 Å². The van der Waals surface area contributed by atoms with Crippen LogP contribution in [0.3, 0.4) is 0 Å². The molecule has 22 heavy (non-hydrogen) atoms. The lowest BCUT2D eigenvalue weighted by Crippen LogP contribution is -2.45. The van der Waals surface area contributed by atoms with Gasteiger partial charge in [0, 0.05) is 29.2 Å². The van der Waals surface area contributed by atoms with Crippen LogP contribution in [0.5, 0.6) is 11.5 Å². The first kappa shape index (κ1) is 20.9. The molecule has 0 atom stereocenters. The number of methoxy groups -OCH3 is 2. The largest absolute Gasteiger partial charge is 0.493 e. The van der Waals surface area contributed by atoms with Crippen molar-refractivity contribution in [2.75, 3.05) is 26.5 Å². The van der Waals surface area contributed by atoms with E-state index in [1.165, 1.54) is 0 Å². The molecule has 0 unspecified atom stereocenters. The van der Waals surface area contributed by atoms with E-state index in [1.54, 1.807) is 26.0 Å². The zero-order chi connectivity index (χ0) is 15.9. The van der Waals surface area contributed by atoms with Crippen molar-refractivity contribution in [3.63, 3.8) is 0 Å². The van der Waals surface area contributed by atoms with Crippen molar-refractivity contribution >= 4 is 30.1 Å². The molecule has 1 amide bonds. The summed E-state index contributed by atoms with van der Waals surface area (Å²) in [7, 11) is 3.21. The van der Waals surface area contributed by atoms with E-state index in [9.17, 15) is 4.79 Å². The van der Waals surface area contributed by atoms with Crippen molar-refractivity contribution in [1.82, 2.24) is 5.32 Å². The summed E-state index contributed by atoms with van der Waals surface area (Å²) in [5, 5.41) is 2.83. The van der Waals surface area contributed by atoms with Crippen molar-refractivity contribution in [2.45, 2.75) is 30.7 Å². The van der Waals surface area contributed by atoms with Gasteiger partial charge in [0.1, 0.15) is 0 Å². The van der Waals surface area contributed by atoms with Gasteiger partial charge in [0.15, 0.2) is 11.5 Å². The van der Waals surface area contributed by atoms with Crippen LogP contribution in [0.2, 0.25) is 0 Å². The predicted molar refractivity (Wildman–Crippen MR) is 93.4 cm³/mol. The summed E-state index contributed by atoms with van der Waals surface area (Å²) in [6.45, 7) is 4.24. The number of amides is 1. The summed E-state index contributed by atoms with van der Waals surface area (Å²) in [6.07, 6.45) is 0.453. The first-order chi connectivity index (χ1) is 9.85. The Morgan fingerprint density at radius 1 is 1.27 bits per heavy atom. The summed E-state index contributed by atoms with van der Waals surface area (Å²) in [5.41, 5.74) is 5.43. The molecular formula is C15H25ClN2O3S. The number of benzene rings is 1. The lowest BCUT2D eigenvalue weighted by molar-refractivity contribution is -0.120. The number of hydrogen-bond donors (Lipinski definition) is 2. The minimum Gasteiger partial charge on any atom is -0.493 e. The Morgan fingerprint density at radius 2 is 1.91 bits per heavy atom. The van der Waals surface area contributed by atoms with E-state index in [-0.39, 0.29) is 23.9 Å². The van der Waals surface area contributed by atoms with Gasteiger partial charge in [-0.05, 0) is 32.0 Å². The maximum absolute atomic E-state index is 11.7. The molecule has 0 bridgehead atoms. The summed E-state index contributed by atoms with van der Waals surface area (Å²) >= 11 is 1.60. The molecule has 0 radical (unpaired) electrons. The summed E-state index contributed by atoms with van der Waals surface area (Å²) in [6, 6.07) is 5.72. The number of nitrogens with two attached hydrogens (primary N) is 1. The molecule has 0 fully saturated rings. The standard InChI is InChI=1S/C15H24N2O3S.ClH/c1-15(2,16)10-17-14(18)7-8-21-11-5-6-12(19-3)13(9-11)20-4;/h5-6,9H,7-8,10,16H2,1-4H3,(H,17,18);1H. The van der Waals surface area contributed by atoms with Gasteiger partial charge in [0.25, 0.3) is 0 Å². The molecule has 1 aromatic carbocycles. The van der Waals surface area contributed by atoms with E-state index in [0.717, 1.165) is 4.90 Å². The number of rotatable bonds is 8. The van der Waals surface area contributed by atoms with Crippen LogP contribution in [0.25, 0.3) is 0 Å². The third-order valence-electron chi connectivity index (χ3n) is 2.69. The van der Waals surface area contributed by atoms with Gasteiger partial charge in [-0.15, -0.1) is 24.2 Å². The average molecular weight is 349 g/mol. The monoisotopic (exact) mass is 348 g/mol. The highest BCUT2D eigenvalue weighted by atomic mass is 35.5. The second-order valence-corrected chi connectivity index (χ2v) is 6.55. The Kier molecular flexibility index (Phi) is 9.32. The minimum atomic E-state index is -0.383. The molecule has 0 spiro atoms. The highest BCUT2D eigenvalue weighted by molar-refractivity contribution is 7.99. The SMILES string of the molecule is COc1ccc(SCCC(=O)NCC(C)(C)N)cc1OC.Cl. The Labute approximate surface area is 142 Å². The molecule has 126 valence electrons. The maximum atomic E-state index is 11.7. The van der Waals surface area contributed by atoms with Crippen LogP contribution in [-0.4, -0.2) is 38.0 Å². The first-order valence-electron chi connectivity index (χ1n) is 6.76. The van der Waals surface area contributed by atoms with Gasteiger partial charge >= 0.3 is 0 Å². The number of hydrogen-bond acceptors (Lipinski definition) is 5. The van der Waals surface area contributed by atoms with Gasteiger partial charge in [-0.3, -0.25) is 4.79 Å². The van der Waals surface area contributed by atoms with Crippen LogP contribution < -0.4 is 20.5 Å². The van der Waals surface area contributed by atoms with Gasteiger partial charge in [-0.1, -0.05) is 0 Å². The molecule has 0 aliphatic rings. The Balaban J connectivity index is 0.00000441.